The first-order chi connectivity index (χ1) is 14.4. The van der Waals surface area contributed by atoms with Gasteiger partial charge >= 0.3 is 36.0 Å². The van der Waals surface area contributed by atoms with E-state index in [4.69, 9.17) is 11.6 Å². The fraction of sp³-hybridized carbons (Fsp3) is 0.438. The van der Waals surface area contributed by atoms with Crippen LogP contribution >= 0.6 is 11.6 Å². The highest BCUT2D eigenvalue weighted by atomic mass is 35.5. The van der Waals surface area contributed by atoms with Crippen molar-refractivity contribution >= 4 is 23.1 Å². The molecule has 1 aromatic carbocycles. The van der Waals surface area contributed by atoms with Gasteiger partial charge in [-0.3, -0.25) is 4.79 Å². The van der Waals surface area contributed by atoms with E-state index in [1.807, 2.05) is 0 Å². The van der Waals surface area contributed by atoms with Crippen LogP contribution in [0.1, 0.15) is 11.1 Å². The molecule has 1 aliphatic rings. The zero-order valence-corrected chi connectivity index (χ0v) is 15.6. The van der Waals surface area contributed by atoms with Crippen molar-refractivity contribution in [2.24, 2.45) is 5.41 Å². The highest BCUT2D eigenvalue weighted by molar-refractivity contribution is 6.30. The van der Waals surface area contributed by atoms with Crippen molar-refractivity contribution < 1.29 is 71.4 Å². The lowest BCUT2D eigenvalue weighted by atomic mass is 9.74. The largest absolute Gasteiger partial charge is 0.507 e. The number of aliphatic hydroxyl groups excluding tert-OH is 1. The molecule has 0 heterocycles. The third-order valence-electron chi connectivity index (χ3n) is 4.75. The van der Waals surface area contributed by atoms with Crippen molar-refractivity contribution in [1.29, 1.82) is 0 Å². The maximum atomic E-state index is 14.0. The molecule has 0 unspecified atom stereocenters. The number of hydrogen-bond acceptors (Lipinski definition) is 2. The third kappa shape index (κ3) is 3.19. The van der Waals surface area contributed by atoms with Gasteiger partial charge in [-0.15, -0.1) is 0 Å². The summed E-state index contributed by atoms with van der Waals surface area (Å²) in [5.41, 5.74) is -10.9. The number of benzene rings is 1. The van der Waals surface area contributed by atoms with Gasteiger partial charge in [-0.2, -0.15) is 61.5 Å². The molecule has 0 spiro atoms. The molecule has 1 aliphatic carbocycles. The number of rotatable bonds is 3. The van der Waals surface area contributed by atoms with Gasteiger partial charge in [-0.05, 0) is 18.2 Å². The lowest BCUT2D eigenvalue weighted by molar-refractivity contribution is -0.341. The smallest absolute Gasteiger partial charge is 0.417 e. The average molecular weight is 531 g/mol. The second kappa shape index (κ2) is 7.12. The van der Waals surface area contributed by atoms with Crippen molar-refractivity contribution in [2.45, 2.75) is 36.0 Å². The standard InChI is InChI=1S/C16H5ClF14O2/c17-5-1-2-6(7(3-5)11(18,19)20)8(32)4-9(33)10(16(29,30)31)12(21,22)14(25,26)15(27,28)13(10,23)24/h1-4,32H/b8-4-. The summed E-state index contributed by atoms with van der Waals surface area (Å²) in [5.74, 6) is -36.3. The Kier molecular flexibility index (Phi) is 5.82. The Bertz CT molecular complexity index is 979. The van der Waals surface area contributed by atoms with E-state index in [2.05, 4.69) is 0 Å². The van der Waals surface area contributed by atoms with E-state index < -0.39 is 75.2 Å². The Morgan fingerprint density at radius 1 is 0.818 bits per heavy atom. The Morgan fingerprint density at radius 2 is 1.24 bits per heavy atom. The predicted octanol–water partition coefficient (Wildman–Crippen LogP) is 6.93. The molecule has 33 heavy (non-hydrogen) atoms. The van der Waals surface area contributed by atoms with Crippen LogP contribution in [0.15, 0.2) is 24.3 Å². The molecule has 0 bridgehead atoms. The number of halogens is 15. The van der Waals surface area contributed by atoms with Crippen LogP contribution in [0.25, 0.3) is 5.76 Å². The quantitative estimate of drug-likeness (QED) is 0.261. The van der Waals surface area contributed by atoms with Crippen molar-refractivity contribution in [1.82, 2.24) is 0 Å². The minimum atomic E-state index is -7.52. The predicted molar refractivity (Wildman–Crippen MR) is 80.3 cm³/mol. The molecule has 0 aromatic heterocycles. The lowest BCUT2D eigenvalue weighted by Crippen LogP contribution is -2.64. The van der Waals surface area contributed by atoms with Gasteiger partial charge in [0, 0.05) is 16.7 Å². The molecule has 1 fully saturated rings. The van der Waals surface area contributed by atoms with Crippen molar-refractivity contribution in [3.63, 3.8) is 0 Å². The number of carbonyl (C=O) groups excluding carboxylic acids is 1. The third-order valence-corrected chi connectivity index (χ3v) is 4.99. The summed E-state index contributed by atoms with van der Waals surface area (Å²) in [6, 6.07) is 0.673. The van der Waals surface area contributed by atoms with Crippen LogP contribution in [0.3, 0.4) is 0 Å². The zero-order chi connectivity index (χ0) is 26.2. The van der Waals surface area contributed by atoms with E-state index in [0.29, 0.717) is 6.07 Å². The molecule has 0 radical (unpaired) electrons. The van der Waals surface area contributed by atoms with Crippen LogP contribution < -0.4 is 0 Å². The van der Waals surface area contributed by atoms with Crippen molar-refractivity contribution in [2.75, 3.05) is 0 Å². The maximum absolute atomic E-state index is 14.0. The van der Waals surface area contributed by atoms with Crippen molar-refractivity contribution in [3.05, 3.63) is 40.4 Å². The monoisotopic (exact) mass is 530 g/mol. The normalized spacial score (nSPS) is 23.4. The number of aliphatic hydroxyl groups is 1. The van der Waals surface area contributed by atoms with Crippen molar-refractivity contribution in [3.8, 4) is 0 Å². The van der Waals surface area contributed by atoms with Crippen LogP contribution in [0, 0.1) is 5.41 Å². The molecule has 0 aliphatic heterocycles. The molecule has 0 amide bonds. The van der Waals surface area contributed by atoms with Gasteiger partial charge in [0.2, 0.25) is 0 Å². The first kappa shape index (κ1) is 27.0. The minimum absolute atomic E-state index is 0.00598. The van der Waals surface area contributed by atoms with Gasteiger partial charge in [0.1, 0.15) is 5.76 Å². The Morgan fingerprint density at radius 3 is 1.61 bits per heavy atom. The minimum Gasteiger partial charge on any atom is -0.507 e. The number of alkyl halides is 14. The summed E-state index contributed by atoms with van der Waals surface area (Å²) in [5, 5.41) is 8.91. The van der Waals surface area contributed by atoms with Gasteiger partial charge in [0.15, 0.2) is 5.78 Å². The van der Waals surface area contributed by atoms with E-state index in [9.17, 15) is 71.4 Å². The number of ketones is 1. The summed E-state index contributed by atoms with van der Waals surface area (Å²) in [7, 11) is 0. The molecule has 0 saturated heterocycles. The second-order valence-electron chi connectivity index (χ2n) is 6.63. The zero-order valence-electron chi connectivity index (χ0n) is 14.8. The molecular weight excluding hydrogens is 526 g/mol. The average Bonchev–Trinajstić information content (AvgIpc) is 2.64. The fourth-order valence-electron chi connectivity index (χ4n) is 3.15. The molecule has 0 atom stereocenters. The SMILES string of the molecule is O=C(/C=C(\O)c1ccc(Cl)cc1C(F)(F)F)C1(C(F)(F)F)C(F)(F)C(F)(F)C(F)(F)C1(F)F. The summed E-state index contributed by atoms with van der Waals surface area (Å²) < 4.78 is 189. The molecule has 1 saturated carbocycles. The number of allylic oxidation sites excluding steroid dienone is 1. The molecule has 1 aromatic rings. The maximum Gasteiger partial charge on any atom is 0.417 e. The molecule has 17 heteroatoms. The summed E-state index contributed by atoms with van der Waals surface area (Å²) >= 11 is 5.27. The Hall–Kier alpha value is -2.26. The highest BCUT2D eigenvalue weighted by Gasteiger charge is 3.06. The second-order valence-corrected chi connectivity index (χ2v) is 7.06. The van der Waals surface area contributed by atoms with E-state index in [-0.39, 0.29) is 12.1 Å². The fourth-order valence-corrected chi connectivity index (χ4v) is 3.32. The van der Waals surface area contributed by atoms with Gasteiger partial charge in [-0.1, -0.05) is 11.6 Å². The van der Waals surface area contributed by atoms with Crippen LogP contribution in [0.4, 0.5) is 61.5 Å². The van der Waals surface area contributed by atoms with Crippen LogP contribution in [-0.2, 0) is 11.0 Å². The van der Waals surface area contributed by atoms with Gasteiger partial charge in [0.05, 0.1) is 5.56 Å². The first-order valence-electron chi connectivity index (χ1n) is 7.83. The highest BCUT2D eigenvalue weighted by Crippen LogP contribution is 2.75. The van der Waals surface area contributed by atoms with Gasteiger partial charge in [-0.25, -0.2) is 0 Å². The van der Waals surface area contributed by atoms with Gasteiger partial charge in [0.25, 0.3) is 5.41 Å². The number of hydrogen-bond donors (Lipinski definition) is 1. The number of carbonyl (C=O) groups is 1. The molecule has 2 rings (SSSR count). The molecule has 2 nitrogen and oxygen atoms in total. The first-order valence-corrected chi connectivity index (χ1v) is 8.21. The Balaban J connectivity index is 2.89. The van der Waals surface area contributed by atoms with E-state index in [1.54, 1.807) is 0 Å². The van der Waals surface area contributed by atoms with E-state index in [0.717, 1.165) is 0 Å². The van der Waals surface area contributed by atoms with E-state index in [1.165, 1.54) is 0 Å². The van der Waals surface area contributed by atoms with E-state index >= 15 is 0 Å². The van der Waals surface area contributed by atoms with Gasteiger partial charge < -0.3 is 5.11 Å². The summed E-state index contributed by atoms with van der Waals surface area (Å²) in [6.07, 6.45) is -14.4. The van der Waals surface area contributed by atoms with Crippen LogP contribution in [0.5, 0.6) is 0 Å². The molecule has 186 valence electrons. The topological polar surface area (TPSA) is 37.3 Å². The molecular formula is C16H5ClF14O2. The molecule has 1 N–H and O–H groups in total. The Labute approximate surface area is 177 Å². The summed E-state index contributed by atoms with van der Waals surface area (Å²) in [6.45, 7) is 0. The lowest BCUT2D eigenvalue weighted by Gasteiger charge is -2.37. The van der Waals surface area contributed by atoms with Crippen LogP contribution in [0.2, 0.25) is 5.02 Å². The van der Waals surface area contributed by atoms with Crippen LogP contribution in [-0.4, -0.2) is 40.8 Å². The summed E-state index contributed by atoms with van der Waals surface area (Å²) in [4.78, 5) is 11.9.